The summed E-state index contributed by atoms with van der Waals surface area (Å²) in [7, 11) is -3.47. The van der Waals surface area contributed by atoms with Crippen LogP contribution in [-0.4, -0.2) is 25.8 Å². The lowest BCUT2D eigenvalue weighted by Crippen LogP contribution is -2.32. The van der Waals surface area contributed by atoms with Gasteiger partial charge < -0.3 is 5.73 Å². The zero-order valence-electron chi connectivity index (χ0n) is 12.6. The summed E-state index contributed by atoms with van der Waals surface area (Å²) in [5, 5.41) is 0.411. The molecule has 2 N–H and O–H groups in total. The van der Waals surface area contributed by atoms with Crippen LogP contribution in [0.1, 0.15) is 38.7 Å². The van der Waals surface area contributed by atoms with Crippen molar-refractivity contribution in [3.8, 4) is 0 Å². The van der Waals surface area contributed by atoms with Gasteiger partial charge in [-0.2, -0.15) is 4.31 Å². The summed E-state index contributed by atoms with van der Waals surface area (Å²) >= 11 is 6.09. The molecule has 0 aliphatic carbocycles. The van der Waals surface area contributed by atoms with Gasteiger partial charge >= 0.3 is 0 Å². The van der Waals surface area contributed by atoms with E-state index in [1.54, 1.807) is 16.4 Å². The molecule has 21 heavy (non-hydrogen) atoms. The minimum Gasteiger partial charge on any atom is -0.326 e. The van der Waals surface area contributed by atoms with E-state index in [-0.39, 0.29) is 10.3 Å². The predicted molar refractivity (Wildman–Crippen MR) is 85.7 cm³/mol. The van der Waals surface area contributed by atoms with Gasteiger partial charge in [-0.25, -0.2) is 8.42 Å². The average Bonchev–Trinajstić information content (AvgIpc) is 2.60. The fourth-order valence-electron chi connectivity index (χ4n) is 2.64. The lowest BCUT2D eigenvalue weighted by molar-refractivity contribution is 0.315. The first kappa shape index (κ1) is 16.7. The fourth-order valence-corrected chi connectivity index (χ4v) is 4.47. The van der Waals surface area contributed by atoms with Gasteiger partial charge in [0.1, 0.15) is 0 Å². The maximum Gasteiger partial charge on any atom is 0.243 e. The van der Waals surface area contributed by atoms with Crippen molar-refractivity contribution >= 4 is 21.6 Å². The van der Waals surface area contributed by atoms with Crippen molar-refractivity contribution in [1.29, 1.82) is 0 Å². The Morgan fingerprint density at radius 2 is 2.00 bits per heavy atom. The number of nitrogens with two attached hydrogens (primary N) is 1. The second kappa shape index (κ2) is 6.24. The summed E-state index contributed by atoms with van der Waals surface area (Å²) in [6, 6.07) is 4.80. The number of halogens is 1. The fraction of sp³-hybridized carbons (Fsp3) is 0.600. The smallest absolute Gasteiger partial charge is 0.243 e. The zero-order valence-corrected chi connectivity index (χ0v) is 14.2. The quantitative estimate of drug-likeness (QED) is 0.926. The van der Waals surface area contributed by atoms with Crippen molar-refractivity contribution in [3.63, 3.8) is 0 Å². The molecule has 0 radical (unpaired) electrons. The number of hydrogen-bond donors (Lipinski definition) is 1. The van der Waals surface area contributed by atoms with Gasteiger partial charge in [0.05, 0.1) is 4.90 Å². The van der Waals surface area contributed by atoms with Gasteiger partial charge in [0.25, 0.3) is 0 Å². The maximum absolute atomic E-state index is 12.7. The summed E-state index contributed by atoms with van der Waals surface area (Å²) in [5.41, 5.74) is 6.52. The van der Waals surface area contributed by atoms with Crippen LogP contribution < -0.4 is 5.73 Å². The third-order valence-corrected chi connectivity index (χ3v) is 6.43. The Morgan fingerprint density at radius 3 is 2.62 bits per heavy atom. The van der Waals surface area contributed by atoms with Gasteiger partial charge in [0, 0.05) is 24.7 Å². The third-order valence-electron chi connectivity index (χ3n) is 4.18. The first-order valence-electron chi connectivity index (χ1n) is 7.25. The summed E-state index contributed by atoms with van der Waals surface area (Å²) in [6.07, 6.45) is 2.81. The molecule has 1 aliphatic heterocycles. The molecular weight excluding hydrogens is 308 g/mol. The van der Waals surface area contributed by atoms with E-state index in [9.17, 15) is 8.42 Å². The molecule has 0 amide bonds. The molecule has 0 unspecified atom stereocenters. The largest absolute Gasteiger partial charge is 0.326 e. The van der Waals surface area contributed by atoms with Crippen molar-refractivity contribution in [2.45, 2.75) is 44.6 Å². The van der Waals surface area contributed by atoms with E-state index in [1.165, 1.54) is 6.07 Å². The van der Waals surface area contributed by atoms with Crippen LogP contribution in [0.5, 0.6) is 0 Å². The molecular formula is C15H23ClN2O2S. The topological polar surface area (TPSA) is 63.4 Å². The predicted octanol–water partition coefficient (Wildman–Crippen LogP) is 3.00. The monoisotopic (exact) mass is 330 g/mol. The Morgan fingerprint density at radius 1 is 1.29 bits per heavy atom. The van der Waals surface area contributed by atoms with E-state index in [0.717, 1.165) is 24.8 Å². The van der Waals surface area contributed by atoms with Gasteiger partial charge in [0.15, 0.2) is 0 Å². The lowest BCUT2D eigenvalue weighted by Gasteiger charge is -2.23. The van der Waals surface area contributed by atoms with Crippen LogP contribution >= 0.6 is 11.6 Å². The standard InChI is InChI=1S/C15H23ClN2O2S/c1-15(2)6-3-8-18(9-7-15)21(19,20)13-5-4-12(11-17)14(16)10-13/h4-5,10H,3,6-9,11,17H2,1-2H3. The van der Waals surface area contributed by atoms with Gasteiger partial charge in [-0.15, -0.1) is 0 Å². The molecule has 6 heteroatoms. The second-order valence-electron chi connectivity index (χ2n) is 6.38. The number of sulfonamides is 1. The van der Waals surface area contributed by atoms with Crippen molar-refractivity contribution in [2.24, 2.45) is 11.1 Å². The Hall–Kier alpha value is -0.620. The maximum atomic E-state index is 12.7. The molecule has 1 aliphatic rings. The molecule has 0 saturated carbocycles. The molecule has 0 spiro atoms. The third kappa shape index (κ3) is 3.77. The van der Waals surface area contributed by atoms with E-state index < -0.39 is 10.0 Å². The highest BCUT2D eigenvalue weighted by molar-refractivity contribution is 7.89. The molecule has 1 fully saturated rings. The van der Waals surface area contributed by atoms with Crippen LogP contribution in [0.15, 0.2) is 23.1 Å². The summed E-state index contributed by atoms with van der Waals surface area (Å²) in [4.78, 5) is 0.254. The van der Waals surface area contributed by atoms with E-state index >= 15 is 0 Å². The summed E-state index contributed by atoms with van der Waals surface area (Å²) in [6.45, 7) is 5.82. The normalized spacial score (nSPS) is 20.2. The minimum atomic E-state index is -3.47. The highest BCUT2D eigenvalue weighted by Crippen LogP contribution is 2.32. The van der Waals surface area contributed by atoms with Crippen LogP contribution in [0.4, 0.5) is 0 Å². The first-order valence-corrected chi connectivity index (χ1v) is 9.07. The van der Waals surface area contributed by atoms with Gasteiger partial charge in [0.2, 0.25) is 10.0 Å². The van der Waals surface area contributed by atoms with Gasteiger partial charge in [-0.3, -0.25) is 0 Å². The molecule has 1 heterocycles. The number of benzene rings is 1. The molecule has 0 aromatic heterocycles. The molecule has 2 rings (SSSR count). The Bertz CT molecular complexity index is 614. The van der Waals surface area contributed by atoms with Crippen LogP contribution in [0.2, 0.25) is 5.02 Å². The van der Waals surface area contributed by atoms with E-state index in [4.69, 9.17) is 17.3 Å². The Balaban J connectivity index is 2.27. The second-order valence-corrected chi connectivity index (χ2v) is 8.72. The van der Waals surface area contributed by atoms with E-state index in [2.05, 4.69) is 13.8 Å². The molecule has 1 aromatic rings. The van der Waals surface area contributed by atoms with E-state index in [0.29, 0.717) is 24.7 Å². The Labute approximate surface area is 132 Å². The number of rotatable bonds is 3. The van der Waals surface area contributed by atoms with Crippen molar-refractivity contribution < 1.29 is 8.42 Å². The highest BCUT2D eigenvalue weighted by Gasteiger charge is 2.30. The minimum absolute atomic E-state index is 0.200. The number of hydrogen-bond acceptors (Lipinski definition) is 3. The SMILES string of the molecule is CC1(C)CCCN(S(=O)(=O)c2ccc(CN)c(Cl)c2)CC1. The van der Waals surface area contributed by atoms with Gasteiger partial charge in [-0.05, 0) is 42.4 Å². The van der Waals surface area contributed by atoms with Crippen molar-refractivity contribution in [1.82, 2.24) is 4.31 Å². The zero-order chi connectivity index (χ0) is 15.7. The molecule has 4 nitrogen and oxygen atoms in total. The molecule has 0 bridgehead atoms. The lowest BCUT2D eigenvalue weighted by atomic mass is 9.85. The van der Waals surface area contributed by atoms with Gasteiger partial charge in [-0.1, -0.05) is 31.5 Å². The summed E-state index contributed by atoms with van der Waals surface area (Å²) in [5.74, 6) is 0. The average molecular weight is 331 g/mol. The Kier molecular flexibility index (Phi) is 4.98. The van der Waals surface area contributed by atoms with E-state index in [1.807, 2.05) is 0 Å². The van der Waals surface area contributed by atoms with Crippen molar-refractivity contribution in [3.05, 3.63) is 28.8 Å². The van der Waals surface area contributed by atoms with Crippen molar-refractivity contribution in [2.75, 3.05) is 13.1 Å². The van der Waals surface area contributed by atoms with Crippen LogP contribution in [0.25, 0.3) is 0 Å². The summed E-state index contributed by atoms with van der Waals surface area (Å²) < 4.78 is 27.1. The molecule has 0 atom stereocenters. The van der Waals surface area contributed by atoms with Crippen LogP contribution in [0.3, 0.4) is 0 Å². The molecule has 118 valence electrons. The number of nitrogens with zero attached hydrogens (tertiary/aromatic N) is 1. The molecule has 1 saturated heterocycles. The van der Waals surface area contributed by atoms with Crippen LogP contribution in [0, 0.1) is 5.41 Å². The van der Waals surface area contributed by atoms with Crippen LogP contribution in [-0.2, 0) is 16.6 Å². The first-order chi connectivity index (χ1) is 9.76. The molecule has 1 aromatic carbocycles. The highest BCUT2D eigenvalue weighted by atomic mass is 35.5.